The van der Waals surface area contributed by atoms with Crippen molar-refractivity contribution >= 4 is 21.4 Å². The number of hydrogen-bond donors (Lipinski definition) is 0. The molecule has 3 rings (SSSR count). The quantitative estimate of drug-likeness (QED) is 0.593. The molecule has 15 heavy (non-hydrogen) atoms. The minimum absolute atomic E-state index is 1.24. The summed E-state index contributed by atoms with van der Waals surface area (Å²) in [5.41, 5.74) is 1.24. The van der Waals surface area contributed by atoms with Gasteiger partial charge in [0, 0.05) is 22.0 Å². The highest BCUT2D eigenvalue weighted by molar-refractivity contribution is 7.22. The summed E-state index contributed by atoms with van der Waals surface area (Å²) in [5.74, 6) is 0. The van der Waals surface area contributed by atoms with Crippen molar-refractivity contribution in [2.45, 2.75) is 0 Å². The molecule has 0 atom stereocenters. The Morgan fingerprint density at radius 1 is 0.933 bits per heavy atom. The maximum Gasteiger partial charge on any atom is 0.0356 e. The van der Waals surface area contributed by atoms with E-state index in [1.807, 2.05) is 35.9 Å². The fourth-order valence-corrected chi connectivity index (χ4v) is 2.71. The van der Waals surface area contributed by atoms with Gasteiger partial charge in [-0.3, -0.25) is 4.98 Å². The zero-order valence-electron chi connectivity index (χ0n) is 8.05. The van der Waals surface area contributed by atoms with Crippen LogP contribution in [-0.2, 0) is 0 Å². The molecule has 0 unspecified atom stereocenters. The largest absolute Gasteiger partial charge is 0.265 e. The number of thiophene rings is 1. The van der Waals surface area contributed by atoms with Crippen molar-refractivity contribution in [3.05, 3.63) is 54.9 Å². The second kappa shape index (κ2) is 3.48. The third kappa shape index (κ3) is 1.53. The monoisotopic (exact) mass is 211 g/mol. The van der Waals surface area contributed by atoms with E-state index in [2.05, 4.69) is 35.3 Å². The molecule has 0 aliphatic rings. The van der Waals surface area contributed by atoms with Crippen molar-refractivity contribution in [2.75, 3.05) is 0 Å². The molecule has 0 aliphatic carbocycles. The van der Waals surface area contributed by atoms with E-state index in [0.29, 0.717) is 0 Å². The van der Waals surface area contributed by atoms with E-state index >= 15 is 0 Å². The first-order valence-corrected chi connectivity index (χ1v) is 5.64. The highest BCUT2D eigenvalue weighted by atomic mass is 32.1. The van der Waals surface area contributed by atoms with Gasteiger partial charge in [0.2, 0.25) is 0 Å². The van der Waals surface area contributed by atoms with Crippen molar-refractivity contribution in [3.63, 3.8) is 0 Å². The maximum absolute atomic E-state index is 4.03. The third-order valence-corrected chi connectivity index (χ3v) is 3.56. The van der Waals surface area contributed by atoms with Crippen molar-refractivity contribution in [2.24, 2.45) is 0 Å². The van der Waals surface area contributed by atoms with Crippen LogP contribution < -0.4 is 0 Å². The van der Waals surface area contributed by atoms with Crippen LogP contribution in [0, 0.1) is 0 Å². The van der Waals surface area contributed by atoms with Gasteiger partial charge < -0.3 is 0 Å². The summed E-state index contributed by atoms with van der Waals surface area (Å²) in [6.07, 6.45) is 3.67. The lowest BCUT2D eigenvalue weighted by Gasteiger charge is -1.93. The number of pyridine rings is 1. The second-order valence-corrected chi connectivity index (χ2v) is 4.47. The van der Waals surface area contributed by atoms with Crippen molar-refractivity contribution in [3.8, 4) is 10.4 Å². The van der Waals surface area contributed by atoms with Gasteiger partial charge in [-0.2, -0.15) is 0 Å². The van der Waals surface area contributed by atoms with Gasteiger partial charge in [0.05, 0.1) is 0 Å². The molecule has 2 aromatic heterocycles. The van der Waals surface area contributed by atoms with Gasteiger partial charge in [-0.25, -0.2) is 0 Å². The molecule has 1 nitrogen and oxygen atoms in total. The number of aromatic nitrogens is 1. The standard InChI is InChI=1S/C13H9NS/c1-2-4-12-11(3-1)9-13(15-12)10-5-7-14-8-6-10/h1-9H. The number of nitrogens with zero attached hydrogens (tertiary/aromatic N) is 1. The van der Waals surface area contributed by atoms with Gasteiger partial charge in [-0.1, -0.05) is 18.2 Å². The van der Waals surface area contributed by atoms with Gasteiger partial charge in [0.1, 0.15) is 0 Å². The molecule has 0 bridgehead atoms. The molecular formula is C13H9NS. The van der Waals surface area contributed by atoms with Crippen LogP contribution in [0.3, 0.4) is 0 Å². The van der Waals surface area contributed by atoms with E-state index < -0.39 is 0 Å². The molecule has 0 radical (unpaired) electrons. The first-order chi connectivity index (χ1) is 7.43. The summed E-state index contributed by atoms with van der Waals surface area (Å²) in [6.45, 7) is 0. The summed E-state index contributed by atoms with van der Waals surface area (Å²) in [6, 6.07) is 14.8. The molecular weight excluding hydrogens is 202 g/mol. The maximum atomic E-state index is 4.03. The molecule has 0 amide bonds. The Morgan fingerprint density at radius 3 is 2.53 bits per heavy atom. The molecule has 3 aromatic rings. The van der Waals surface area contributed by atoms with E-state index in [1.165, 1.54) is 20.5 Å². The molecule has 0 aliphatic heterocycles. The predicted octanol–water partition coefficient (Wildman–Crippen LogP) is 3.96. The zero-order valence-corrected chi connectivity index (χ0v) is 8.87. The molecule has 1 aromatic carbocycles. The van der Waals surface area contributed by atoms with Crippen LogP contribution >= 0.6 is 11.3 Å². The van der Waals surface area contributed by atoms with Crippen LogP contribution in [0.4, 0.5) is 0 Å². The van der Waals surface area contributed by atoms with Crippen LogP contribution in [0.1, 0.15) is 0 Å². The second-order valence-electron chi connectivity index (χ2n) is 3.38. The van der Waals surface area contributed by atoms with Crippen LogP contribution in [0.5, 0.6) is 0 Å². The van der Waals surface area contributed by atoms with Crippen LogP contribution in [0.2, 0.25) is 0 Å². The van der Waals surface area contributed by atoms with Gasteiger partial charge in [-0.05, 0) is 35.2 Å². The summed E-state index contributed by atoms with van der Waals surface area (Å²) < 4.78 is 1.34. The molecule has 0 fully saturated rings. The number of rotatable bonds is 1. The minimum Gasteiger partial charge on any atom is -0.265 e. The van der Waals surface area contributed by atoms with E-state index in [4.69, 9.17) is 0 Å². The topological polar surface area (TPSA) is 12.9 Å². The summed E-state index contributed by atoms with van der Waals surface area (Å²) in [7, 11) is 0. The van der Waals surface area contributed by atoms with Gasteiger partial charge in [0.15, 0.2) is 0 Å². The van der Waals surface area contributed by atoms with Crippen molar-refractivity contribution in [1.29, 1.82) is 0 Å². The number of fused-ring (bicyclic) bond motifs is 1. The van der Waals surface area contributed by atoms with Crippen molar-refractivity contribution in [1.82, 2.24) is 4.98 Å². The molecule has 72 valence electrons. The minimum atomic E-state index is 1.24. The Balaban J connectivity index is 2.21. The van der Waals surface area contributed by atoms with E-state index in [0.717, 1.165) is 0 Å². The third-order valence-electron chi connectivity index (χ3n) is 2.39. The lowest BCUT2D eigenvalue weighted by Crippen LogP contribution is -1.71. The number of benzene rings is 1. The lowest BCUT2D eigenvalue weighted by molar-refractivity contribution is 1.33. The molecule has 0 saturated carbocycles. The highest BCUT2D eigenvalue weighted by Gasteiger charge is 2.02. The molecule has 2 heteroatoms. The number of hydrogen-bond acceptors (Lipinski definition) is 2. The summed E-state index contributed by atoms with van der Waals surface area (Å²) in [4.78, 5) is 5.33. The Hall–Kier alpha value is -1.67. The normalized spacial score (nSPS) is 10.7. The first kappa shape index (κ1) is 8.62. The molecule has 2 heterocycles. The van der Waals surface area contributed by atoms with Crippen LogP contribution in [-0.4, -0.2) is 4.98 Å². The summed E-state index contributed by atoms with van der Waals surface area (Å²) >= 11 is 1.82. The van der Waals surface area contributed by atoms with Gasteiger partial charge in [0.25, 0.3) is 0 Å². The van der Waals surface area contributed by atoms with E-state index in [9.17, 15) is 0 Å². The van der Waals surface area contributed by atoms with Gasteiger partial charge in [-0.15, -0.1) is 11.3 Å². The zero-order chi connectivity index (χ0) is 10.1. The average Bonchev–Trinajstić information content (AvgIpc) is 2.74. The van der Waals surface area contributed by atoms with Gasteiger partial charge >= 0.3 is 0 Å². The van der Waals surface area contributed by atoms with Crippen LogP contribution in [0.25, 0.3) is 20.5 Å². The molecule has 0 saturated heterocycles. The summed E-state index contributed by atoms with van der Waals surface area (Å²) in [5, 5.41) is 1.31. The van der Waals surface area contributed by atoms with Crippen LogP contribution in [0.15, 0.2) is 54.9 Å². The molecule has 0 spiro atoms. The fraction of sp³-hybridized carbons (Fsp3) is 0. The predicted molar refractivity (Wildman–Crippen MR) is 65.1 cm³/mol. The SMILES string of the molecule is c1ccc2sc(-c3ccncc3)cc2c1. The Morgan fingerprint density at radius 2 is 1.73 bits per heavy atom. The Labute approximate surface area is 92.0 Å². The Bertz CT molecular complexity index is 551. The van der Waals surface area contributed by atoms with Crippen molar-refractivity contribution < 1.29 is 0 Å². The lowest BCUT2D eigenvalue weighted by atomic mass is 10.2. The smallest absolute Gasteiger partial charge is 0.0356 e. The fourth-order valence-electron chi connectivity index (χ4n) is 1.64. The average molecular weight is 211 g/mol. The Kier molecular flexibility index (Phi) is 2.00. The van der Waals surface area contributed by atoms with E-state index in [1.54, 1.807) is 0 Å². The highest BCUT2D eigenvalue weighted by Crippen LogP contribution is 2.32. The molecule has 0 N–H and O–H groups in total. The van der Waals surface area contributed by atoms with E-state index in [-0.39, 0.29) is 0 Å². The first-order valence-electron chi connectivity index (χ1n) is 4.82.